The second-order valence-electron chi connectivity index (χ2n) is 4.36. The smallest absolute Gasteiger partial charge is 0.222 e. The molecule has 0 spiro atoms. The maximum absolute atomic E-state index is 11.6. The average Bonchev–Trinajstić information content (AvgIpc) is 2.42. The van der Waals surface area contributed by atoms with Gasteiger partial charge in [0.25, 0.3) is 0 Å². The number of benzene rings is 1. The average molecular weight is 321 g/mol. The zero-order valence-electron chi connectivity index (χ0n) is 11.7. The Morgan fingerprint density at radius 2 is 1.95 bits per heavy atom. The third-order valence-electron chi connectivity index (χ3n) is 2.74. The molecule has 0 atom stereocenters. The first-order valence-corrected chi connectivity index (χ1v) is 6.83. The van der Waals surface area contributed by atoms with E-state index in [1.54, 1.807) is 24.1 Å². The van der Waals surface area contributed by atoms with Crippen LogP contribution in [0.3, 0.4) is 0 Å². The highest BCUT2D eigenvalue weighted by molar-refractivity contribution is 6.30. The van der Waals surface area contributed by atoms with Crippen LogP contribution in [0, 0.1) is 0 Å². The number of amides is 1. The van der Waals surface area contributed by atoms with E-state index in [9.17, 15) is 4.79 Å². The lowest BCUT2D eigenvalue weighted by atomic mass is 10.2. The van der Waals surface area contributed by atoms with Crippen molar-refractivity contribution in [2.45, 2.75) is 19.3 Å². The molecule has 0 saturated heterocycles. The number of ether oxygens (including phenoxy) is 1. The van der Waals surface area contributed by atoms with Crippen LogP contribution in [-0.4, -0.2) is 37.6 Å². The lowest BCUT2D eigenvalue weighted by molar-refractivity contribution is -0.130. The van der Waals surface area contributed by atoms with Gasteiger partial charge in [-0.25, -0.2) is 0 Å². The summed E-state index contributed by atoms with van der Waals surface area (Å²) in [5.74, 6) is 0.929. The van der Waals surface area contributed by atoms with Crippen molar-refractivity contribution < 1.29 is 9.53 Å². The Labute approximate surface area is 131 Å². The van der Waals surface area contributed by atoms with E-state index in [1.807, 2.05) is 12.1 Å². The molecule has 0 aromatic heterocycles. The van der Waals surface area contributed by atoms with E-state index in [0.717, 1.165) is 18.6 Å². The van der Waals surface area contributed by atoms with E-state index in [2.05, 4.69) is 0 Å². The Hall–Kier alpha value is -0.970. The number of halogens is 2. The van der Waals surface area contributed by atoms with Crippen molar-refractivity contribution >= 4 is 29.9 Å². The van der Waals surface area contributed by atoms with Gasteiger partial charge in [0.05, 0.1) is 6.61 Å². The largest absolute Gasteiger partial charge is 0.494 e. The van der Waals surface area contributed by atoms with Gasteiger partial charge in [0.2, 0.25) is 5.91 Å². The molecule has 0 aliphatic rings. The number of carbonyl (C=O) groups is 1. The molecule has 2 N–H and O–H groups in total. The molecular weight excluding hydrogens is 299 g/mol. The number of nitrogens with zero attached hydrogens (tertiary/aromatic N) is 1. The van der Waals surface area contributed by atoms with Gasteiger partial charge in [-0.15, -0.1) is 12.4 Å². The Morgan fingerprint density at radius 1 is 1.30 bits per heavy atom. The van der Waals surface area contributed by atoms with E-state index >= 15 is 0 Å². The molecule has 0 aliphatic heterocycles. The minimum absolute atomic E-state index is 0. The van der Waals surface area contributed by atoms with Gasteiger partial charge in [0, 0.05) is 25.0 Å². The molecule has 4 nitrogen and oxygen atoms in total. The van der Waals surface area contributed by atoms with Crippen LogP contribution in [0.5, 0.6) is 5.75 Å². The van der Waals surface area contributed by atoms with Gasteiger partial charge < -0.3 is 15.4 Å². The van der Waals surface area contributed by atoms with Crippen molar-refractivity contribution in [3.63, 3.8) is 0 Å². The van der Waals surface area contributed by atoms with Crippen LogP contribution in [-0.2, 0) is 4.79 Å². The van der Waals surface area contributed by atoms with Crippen molar-refractivity contribution in [3.05, 3.63) is 29.3 Å². The fourth-order valence-corrected chi connectivity index (χ4v) is 1.72. The van der Waals surface area contributed by atoms with Crippen LogP contribution in [0.15, 0.2) is 24.3 Å². The Balaban J connectivity index is 0.00000361. The van der Waals surface area contributed by atoms with Gasteiger partial charge in [-0.3, -0.25) is 4.79 Å². The highest BCUT2D eigenvalue weighted by atomic mass is 35.5. The second-order valence-corrected chi connectivity index (χ2v) is 4.80. The zero-order valence-corrected chi connectivity index (χ0v) is 13.3. The fourth-order valence-electron chi connectivity index (χ4n) is 1.59. The molecular formula is C14H22Cl2N2O2. The number of rotatable bonds is 8. The SMILES string of the molecule is CN(CCCOc1ccc(Cl)cc1)C(=O)CCCN.Cl. The van der Waals surface area contributed by atoms with Crippen molar-refractivity contribution in [1.82, 2.24) is 4.90 Å². The van der Waals surface area contributed by atoms with E-state index in [0.29, 0.717) is 31.1 Å². The zero-order chi connectivity index (χ0) is 14.1. The Morgan fingerprint density at radius 3 is 2.55 bits per heavy atom. The third-order valence-corrected chi connectivity index (χ3v) is 2.99. The summed E-state index contributed by atoms with van der Waals surface area (Å²) in [6.07, 6.45) is 2.06. The molecule has 1 rings (SSSR count). The lowest BCUT2D eigenvalue weighted by Gasteiger charge is -2.17. The topological polar surface area (TPSA) is 55.6 Å². The maximum Gasteiger partial charge on any atom is 0.222 e. The van der Waals surface area contributed by atoms with Gasteiger partial charge in [-0.05, 0) is 43.7 Å². The van der Waals surface area contributed by atoms with Gasteiger partial charge in [0.1, 0.15) is 5.75 Å². The van der Waals surface area contributed by atoms with Gasteiger partial charge in [-0.1, -0.05) is 11.6 Å². The van der Waals surface area contributed by atoms with Crippen LogP contribution >= 0.6 is 24.0 Å². The molecule has 0 aliphatic carbocycles. The first-order valence-electron chi connectivity index (χ1n) is 6.46. The maximum atomic E-state index is 11.6. The standard InChI is InChI=1S/C14H21ClN2O2.ClH/c1-17(14(18)4-2-9-16)10-3-11-19-13-7-5-12(15)6-8-13;/h5-8H,2-4,9-11,16H2,1H3;1H. The van der Waals surface area contributed by atoms with Gasteiger partial charge >= 0.3 is 0 Å². The van der Waals surface area contributed by atoms with Crippen LogP contribution in [0.4, 0.5) is 0 Å². The van der Waals surface area contributed by atoms with Gasteiger partial charge in [-0.2, -0.15) is 0 Å². The van der Waals surface area contributed by atoms with Gasteiger partial charge in [0.15, 0.2) is 0 Å². The fraction of sp³-hybridized carbons (Fsp3) is 0.500. The summed E-state index contributed by atoms with van der Waals surface area (Å²) in [4.78, 5) is 13.3. The molecule has 0 heterocycles. The van der Waals surface area contributed by atoms with Crippen LogP contribution in [0.25, 0.3) is 0 Å². The van der Waals surface area contributed by atoms with Crippen molar-refractivity contribution in [2.24, 2.45) is 5.73 Å². The summed E-state index contributed by atoms with van der Waals surface area (Å²) >= 11 is 5.78. The first kappa shape index (κ1) is 19.0. The molecule has 0 bridgehead atoms. The predicted octanol–water partition coefficient (Wildman–Crippen LogP) is 2.73. The molecule has 0 fully saturated rings. The molecule has 1 aromatic carbocycles. The normalized spacial score (nSPS) is 9.75. The van der Waals surface area contributed by atoms with Crippen molar-refractivity contribution in [2.75, 3.05) is 26.7 Å². The monoisotopic (exact) mass is 320 g/mol. The number of hydrogen-bond donors (Lipinski definition) is 1. The molecule has 20 heavy (non-hydrogen) atoms. The molecule has 0 radical (unpaired) electrons. The van der Waals surface area contributed by atoms with E-state index in [1.165, 1.54) is 0 Å². The summed E-state index contributed by atoms with van der Waals surface area (Å²) < 4.78 is 5.56. The minimum Gasteiger partial charge on any atom is -0.494 e. The quantitative estimate of drug-likeness (QED) is 0.749. The van der Waals surface area contributed by atoms with E-state index in [4.69, 9.17) is 22.1 Å². The van der Waals surface area contributed by atoms with Crippen LogP contribution < -0.4 is 10.5 Å². The second kappa shape index (κ2) is 10.8. The third kappa shape index (κ3) is 7.58. The van der Waals surface area contributed by atoms with E-state index < -0.39 is 0 Å². The lowest BCUT2D eigenvalue weighted by Crippen LogP contribution is -2.28. The highest BCUT2D eigenvalue weighted by Crippen LogP contribution is 2.15. The van der Waals surface area contributed by atoms with Crippen LogP contribution in [0.2, 0.25) is 5.02 Å². The Bertz CT molecular complexity index is 385. The molecule has 0 saturated carbocycles. The Kier molecular flexibility index (Phi) is 10.3. The summed E-state index contributed by atoms with van der Waals surface area (Å²) in [5, 5.41) is 0.692. The summed E-state index contributed by atoms with van der Waals surface area (Å²) in [6, 6.07) is 7.25. The molecule has 114 valence electrons. The predicted molar refractivity (Wildman–Crippen MR) is 84.7 cm³/mol. The molecule has 6 heteroatoms. The summed E-state index contributed by atoms with van der Waals surface area (Å²) in [5.41, 5.74) is 5.37. The number of hydrogen-bond acceptors (Lipinski definition) is 3. The molecule has 1 aromatic rings. The number of nitrogens with two attached hydrogens (primary N) is 1. The van der Waals surface area contributed by atoms with Crippen LogP contribution in [0.1, 0.15) is 19.3 Å². The van der Waals surface area contributed by atoms with Crippen molar-refractivity contribution in [3.8, 4) is 5.75 Å². The highest BCUT2D eigenvalue weighted by Gasteiger charge is 2.07. The minimum atomic E-state index is 0. The number of carbonyl (C=O) groups excluding carboxylic acids is 1. The van der Waals surface area contributed by atoms with Crippen molar-refractivity contribution in [1.29, 1.82) is 0 Å². The summed E-state index contributed by atoms with van der Waals surface area (Å²) in [7, 11) is 1.81. The molecule has 1 amide bonds. The summed E-state index contributed by atoms with van der Waals surface area (Å²) in [6.45, 7) is 1.83. The molecule has 0 unspecified atom stereocenters. The van der Waals surface area contributed by atoms with E-state index in [-0.39, 0.29) is 18.3 Å². The first-order chi connectivity index (χ1) is 9.13.